The molecule has 3 N–H and O–H groups in total. The minimum atomic E-state index is -3.88. The van der Waals surface area contributed by atoms with Crippen molar-refractivity contribution in [3.05, 3.63) is 64.2 Å². The maximum Gasteiger partial charge on any atom is 0.305 e. The second-order valence-electron chi connectivity index (χ2n) is 6.97. The maximum atomic E-state index is 14.0. The van der Waals surface area contributed by atoms with Crippen molar-refractivity contribution >= 4 is 19.4 Å². The van der Waals surface area contributed by atoms with Crippen LogP contribution in [0.1, 0.15) is 28.7 Å². The highest BCUT2D eigenvalue weighted by Gasteiger charge is 2.22. The summed E-state index contributed by atoms with van der Waals surface area (Å²) >= 11 is 0. The van der Waals surface area contributed by atoms with E-state index in [1.807, 2.05) is 25.1 Å². The van der Waals surface area contributed by atoms with Crippen LogP contribution in [-0.4, -0.2) is 33.3 Å². The number of aliphatic hydroxyl groups is 1. The number of rotatable bonds is 7. The van der Waals surface area contributed by atoms with Crippen molar-refractivity contribution in [3.8, 4) is 11.1 Å². The van der Waals surface area contributed by atoms with Crippen LogP contribution in [0.5, 0.6) is 0 Å². The standard InChI is InChI=1S/C21H24FO5P/c1-13-5-4-6-19(16-9-14(2)21(22)15(3)10-16)18(13)7-8-28(26,27)12-17(23)11-20(24)25/h4-10,17,23H,11-12H2,1-3H3,(H,24,25)(H,26,27)/b8-7+/t17-/m0/s1. The first kappa shape index (κ1) is 22.0. The van der Waals surface area contributed by atoms with Crippen molar-refractivity contribution in [2.45, 2.75) is 33.3 Å². The van der Waals surface area contributed by atoms with Gasteiger partial charge in [0.1, 0.15) is 5.82 Å². The number of benzene rings is 2. The SMILES string of the molecule is Cc1cc(-c2cccc(C)c2/C=C/P(=O)(O)C[C@@H](O)CC(=O)O)cc(C)c1F. The molecule has 0 spiro atoms. The van der Waals surface area contributed by atoms with E-state index in [-0.39, 0.29) is 5.82 Å². The molecule has 5 nitrogen and oxygen atoms in total. The third kappa shape index (κ3) is 5.61. The summed E-state index contributed by atoms with van der Waals surface area (Å²) in [6.45, 7) is 5.22. The number of hydrogen-bond donors (Lipinski definition) is 3. The Hall–Kier alpha value is -2.27. The summed E-state index contributed by atoms with van der Waals surface area (Å²) in [6.07, 6.45) is -1.03. The topological polar surface area (TPSA) is 94.8 Å². The highest BCUT2D eigenvalue weighted by molar-refractivity contribution is 7.61. The van der Waals surface area contributed by atoms with Gasteiger partial charge in [0.05, 0.1) is 18.7 Å². The number of aliphatic hydroxyl groups excluding tert-OH is 1. The lowest BCUT2D eigenvalue weighted by Crippen LogP contribution is -2.16. The Bertz CT molecular complexity index is 944. The molecule has 2 aromatic rings. The van der Waals surface area contributed by atoms with Crippen molar-refractivity contribution in [2.24, 2.45) is 0 Å². The van der Waals surface area contributed by atoms with Gasteiger partial charge in [0.2, 0.25) is 7.37 Å². The zero-order chi connectivity index (χ0) is 21.1. The molecule has 2 rings (SSSR count). The minimum absolute atomic E-state index is 0.263. The lowest BCUT2D eigenvalue weighted by molar-refractivity contribution is -0.138. The van der Waals surface area contributed by atoms with Crippen LogP contribution in [0.2, 0.25) is 0 Å². The summed E-state index contributed by atoms with van der Waals surface area (Å²) in [4.78, 5) is 20.7. The molecule has 0 aliphatic carbocycles. The molecule has 0 fully saturated rings. The first-order chi connectivity index (χ1) is 13.0. The van der Waals surface area contributed by atoms with Crippen molar-refractivity contribution in [3.63, 3.8) is 0 Å². The molecule has 0 amide bonds. The fourth-order valence-corrected chi connectivity index (χ4v) is 4.31. The van der Waals surface area contributed by atoms with Crippen LogP contribution in [0, 0.1) is 26.6 Å². The fourth-order valence-electron chi connectivity index (χ4n) is 3.07. The molecule has 0 saturated carbocycles. The van der Waals surface area contributed by atoms with Crippen molar-refractivity contribution in [1.29, 1.82) is 0 Å². The summed E-state index contributed by atoms with van der Waals surface area (Å²) in [6, 6.07) is 9.01. The van der Waals surface area contributed by atoms with Crippen molar-refractivity contribution in [1.82, 2.24) is 0 Å². The Morgan fingerprint density at radius 2 is 1.79 bits per heavy atom. The quantitative estimate of drug-likeness (QED) is 0.589. The Morgan fingerprint density at radius 3 is 2.36 bits per heavy atom. The van der Waals surface area contributed by atoms with Gasteiger partial charge in [-0.25, -0.2) is 4.39 Å². The number of carbonyl (C=O) groups is 1. The third-order valence-corrected chi connectivity index (χ3v) is 5.99. The molecular formula is C21H24FO5P. The normalized spacial score (nSPS) is 14.8. The molecule has 1 unspecified atom stereocenters. The van der Waals surface area contributed by atoms with Crippen LogP contribution in [0.15, 0.2) is 36.1 Å². The van der Waals surface area contributed by atoms with Crippen molar-refractivity contribution < 1.29 is 28.9 Å². The highest BCUT2D eigenvalue weighted by Crippen LogP contribution is 2.44. The molecule has 0 saturated heterocycles. The van der Waals surface area contributed by atoms with E-state index in [0.717, 1.165) is 22.5 Å². The van der Waals surface area contributed by atoms with Gasteiger partial charge in [0, 0.05) is 5.82 Å². The fraction of sp³-hybridized carbons (Fsp3) is 0.286. The molecule has 28 heavy (non-hydrogen) atoms. The third-order valence-electron chi connectivity index (χ3n) is 4.43. The average Bonchev–Trinajstić information content (AvgIpc) is 2.56. The molecule has 0 aliphatic heterocycles. The zero-order valence-electron chi connectivity index (χ0n) is 16.0. The number of halogens is 1. The van der Waals surface area contributed by atoms with Crippen molar-refractivity contribution in [2.75, 3.05) is 6.16 Å². The van der Waals surface area contributed by atoms with Crippen LogP contribution < -0.4 is 0 Å². The number of aliphatic carboxylic acids is 1. The molecule has 0 radical (unpaired) electrons. The van der Waals surface area contributed by atoms with Gasteiger partial charge < -0.3 is 15.1 Å². The highest BCUT2D eigenvalue weighted by atomic mass is 31.2. The molecule has 0 aliphatic rings. The van der Waals surface area contributed by atoms with E-state index in [1.54, 1.807) is 26.0 Å². The van der Waals surface area contributed by atoms with Gasteiger partial charge >= 0.3 is 5.97 Å². The number of carboxylic acids is 1. The zero-order valence-corrected chi connectivity index (χ0v) is 16.9. The lowest BCUT2D eigenvalue weighted by atomic mass is 9.93. The summed E-state index contributed by atoms with van der Waals surface area (Å²) < 4.78 is 26.3. The lowest BCUT2D eigenvalue weighted by Gasteiger charge is -2.14. The van der Waals surface area contributed by atoms with E-state index in [4.69, 9.17) is 5.11 Å². The van der Waals surface area contributed by atoms with E-state index in [2.05, 4.69) is 0 Å². The van der Waals surface area contributed by atoms with E-state index < -0.39 is 32.0 Å². The Balaban J connectivity index is 2.40. The summed E-state index contributed by atoms with van der Waals surface area (Å²) in [5, 5.41) is 18.3. The first-order valence-electron chi connectivity index (χ1n) is 8.77. The number of hydrogen-bond acceptors (Lipinski definition) is 3. The molecule has 0 heterocycles. The van der Waals surface area contributed by atoms with Crippen LogP contribution in [-0.2, 0) is 9.36 Å². The van der Waals surface area contributed by atoms with Gasteiger partial charge in [-0.2, -0.15) is 0 Å². The van der Waals surface area contributed by atoms with Crippen LogP contribution in [0.3, 0.4) is 0 Å². The Labute approximate surface area is 163 Å². The molecule has 7 heteroatoms. The molecule has 0 bridgehead atoms. The molecule has 150 valence electrons. The van der Waals surface area contributed by atoms with Crippen LogP contribution >= 0.6 is 7.37 Å². The van der Waals surface area contributed by atoms with Gasteiger partial charge in [0.15, 0.2) is 0 Å². The first-order valence-corrected chi connectivity index (χ1v) is 10.7. The predicted octanol–water partition coefficient (Wildman–Crippen LogP) is 4.49. The van der Waals surface area contributed by atoms with E-state index in [0.29, 0.717) is 16.7 Å². The average molecular weight is 406 g/mol. The summed E-state index contributed by atoms with van der Waals surface area (Å²) in [5.74, 6) is -0.381. The van der Waals surface area contributed by atoms with E-state index >= 15 is 0 Å². The predicted molar refractivity (Wildman–Crippen MR) is 108 cm³/mol. The van der Waals surface area contributed by atoms with Gasteiger partial charge in [-0.05, 0) is 72.4 Å². The van der Waals surface area contributed by atoms with Gasteiger partial charge in [0.25, 0.3) is 0 Å². The van der Waals surface area contributed by atoms with Crippen LogP contribution in [0.4, 0.5) is 4.39 Å². The Kier molecular flexibility index (Phi) is 6.94. The number of aryl methyl sites for hydroxylation is 3. The summed E-state index contributed by atoms with van der Waals surface area (Å²) in [5.41, 5.74) is 4.16. The monoisotopic (exact) mass is 406 g/mol. The van der Waals surface area contributed by atoms with Crippen LogP contribution in [0.25, 0.3) is 17.2 Å². The minimum Gasteiger partial charge on any atom is -0.481 e. The Morgan fingerprint density at radius 1 is 1.18 bits per heavy atom. The summed E-state index contributed by atoms with van der Waals surface area (Å²) in [7, 11) is -3.88. The van der Waals surface area contributed by atoms with Gasteiger partial charge in [-0.15, -0.1) is 0 Å². The second kappa shape index (κ2) is 8.82. The maximum absolute atomic E-state index is 14.0. The van der Waals surface area contributed by atoms with Gasteiger partial charge in [-0.3, -0.25) is 9.36 Å². The molecular weight excluding hydrogens is 382 g/mol. The second-order valence-corrected chi connectivity index (χ2v) is 9.14. The molecule has 2 aromatic carbocycles. The largest absolute Gasteiger partial charge is 0.481 e. The number of carboxylic acid groups (broad SMARTS) is 1. The smallest absolute Gasteiger partial charge is 0.305 e. The van der Waals surface area contributed by atoms with Gasteiger partial charge in [-0.1, -0.05) is 18.2 Å². The molecule has 0 aromatic heterocycles. The van der Waals surface area contributed by atoms with E-state index in [9.17, 15) is 23.7 Å². The van der Waals surface area contributed by atoms with E-state index in [1.165, 1.54) is 6.08 Å². The molecule has 2 atom stereocenters.